The first kappa shape index (κ1) is 15.0. The van der Waals surface area contributed by atoms with Crippen LogP contribution in [0, 0.1) is 5.92 Å². The van der Waals surface area contributed by atoms with Gasteiger partial charge in [0.05, 0.1) is 13.7 Å². The van der Waals surface area contributed by atoms with Gasteiger partial charge in [0.15, 0.2) is 0 Å². The molecule has 1 aliphatic carbocycles. The maximum atomic E-state index is 11.6. The molecular formula is C13H24N2O3. The predicted molar refractivity (Wildman–Crippen MR) is 69.1 cm³/mol. The summed E-state index contributed by atoms with van der Waals surface area (Å²) >= 11 is 0. The Balaban J connectivity index is 2.07. The third kappa shape index (κ3) is 5.49. The summed E-state index contributed by atoms with van der Waals surface area (Å²) in [5.41, 5.74) is 0. The SMILES string of the molecule is COC(=O)CCCNC(=O)CN(C)C(C)C1CC1. The highest BCUT2D eigenvalue weighted by atomic mass is 16.5. The van der Waals surface area contributed by atoms with Gasteiger partial charge in [-0.05, 0) is 39.2 Å². The zero-order valence-electron chi connectivity index (χ0n) is 11.6. The molecule has 1 rings (SSSR count). The summed E-state index contributed by atoms with van der Waals surface area (Å²) in [6.07, 6.45) is 3.55. The third-order valence-corrected chi connectivity index (χ3v) is 3.50. The molecule has 104 valence electrons. The second-order valence-corrected chi connectivity index (χ2v) is 5.02. The van der Waals surface area contributed by atoms with Crippen molar-refractivity contribution in [2.75, 3.05) is 27.2 Å². The number of rotatable bonds is 8. The molecule has 1 amide bonds. The minimum Gasteiger partial charge on any atom is -0.469 e. The monoisotopic (exact) mass is 256 g/mol. The van der Waals surface area contributed by atoms with E-state index in [1.54, 1.807) is 0 Å². The normalized spacial score (nSPS) is 16.4. The first-order valence-corrected chi connectivity index (χ1v) is 6.58. The fraction of sp³-hybridized carbons (Fsp3) is 0.846. The summed E-state index contributed by atoms with van der Waals surface area (Å²) in [5, 5.41) is 2.82. The lowest BCUT2D eigenvalue weighted by Crippen LogP contribution is -2.40. The lowest BCUT2D eigenvalue weighted by Gasteiger charge is -2.23. The number of carbonyl (C=O) groups is 2. The van der Waals surface area contributed by atoms with E-state index in [1.807, 2.05) is 7.05 Å². The number of likely N-dealkylation sites (N-methyl/N-ethyl adjacent to an activating group) is 1. The molecule has 1 fully saturated rings. The molecule has 0 bridgehead atoms. The molecule has 1 N–H and O–H groups in total. The Morgan fingerprint density at radius 3 is 2.67 bits per heavy atom. The van der Waals surface area contributed by atoms with Gasteiger partial charge in [-0.3, -0.25) is 14.5 Å². The smallest absolute Gasteiger partial charge is 0.305 e. The fourth-order valence-corrected chi connectivity index (χ4v) is 1.93. The number of nitrogens with zero attached hydrogens (tertiary/aromatic N) is 1. The number of hydrogen-bond acceptors (Lipinski definition) is 4. The summed E-state index contributed by atoms with van der Waals surface area (Å²) in [7, 11) is 3.35. The average Bonchev–Trinajstić information content (AvgIpc) is 3.17. The Morgan fingerprint density at radius 2 is 2.11 bits per heavy atom. The Bertz CT molecular complexity index is 290. The van der Waals surface area contributed by atoms with Crippen molar-refractivity contribution in [3.8, 4) is 0 Å². The Labute approximate surface area is 109 Å². The van der Waals surface area contributed by atoms with Crippen molar-refractivity contribution in [2.45, 2.75) is 38.6 Å². The van der Waals surface area contributed by atoms with Gasteiger partial charge < -0.3 is 10.1 Å². The van der Waals surface area contributed by atoms with Gasteiger partial charge in [-0.2, -0.15) is 0 Å². The van der Waals surface area contributed by atoms with E-state index in [4.69, 9.17) is 0 Å². The van der Waals surface area contributed by atoms with Gasteiger partial charge in [-0.25, -0.2) is 0 Å². The van der Waals surface area contributed by atoms with Gasteiger partial charge in [0.2, 0.25) is 5.91 Å². The van der Waals surface area contributed by atoms with Crippen molar-refractivity contribution in [2.24, 2.45) is 5.92 Å². The zero-order valence-corrected chi connectivity index (χ0v) is 11.6. The van der Waals surface area contributed by atoms with Gasteiger partial charge in [0, 0.05) is 19.0 Å². The van der Waals surface area contributed by atoms with Gasteiger partial charge in [0.25, 0.3) is 0 Å². The van der Waals surface area contributed by atoms with Crippen LogP contribution in [0.4, 0.5) is 0 Å². The lowest BCUT2D eigenvalue weighted by atomic mass is 10.2. The van der Waals surface area contributed by atoms with E-state index < -0.39 is 0 Å². The maximum Gasteiger partial charge on any atom is 0.305 e. The highest BCUT2D eigenvalue weighted by Gasteiger charge is 2.30. The van der Waals surface area contributed by atoms with Crippen LogP contribution in [0.1, 0.15) is 32.6 Å². The molecule has 0 aliphatic heterocycles. The summed E-state index contributed by atoms with van der Waals surface area (Å²) in [4.78, 5) is 24.6. The molecule has 1 aliphatic rings. The van der Waals surface area contributed by atoms with E-state index in [-0.39, 0.29) is 11.9 Å². The quantitative estimate of drug-likeness (QED) is 0.515. The molecule has 0 aromatic carbocycles. The van der Waals surface area contributed by atoms with Gasteiger partial charge in [-0.1, -0.05) is 0 Å². The van der Waals surface area contributed by atoms with Gasteiger partial charge in [-0.15, -0.1) is 0 Å². The second kappa shape index (κ2) is 7.36. The number of esters is 1. The Morgan fingerprint density at radius 1 is 1.44 bits per heavy atom. The topological polar surface area (TPSA) is 58.6 Å². The van der Waals surface area contributed by atoms with Crippen LogP contribution in [-0.4, -0.2) is 50.1 Å². The summed E-state index contributed by atoms with van der Waals surface area (Å²) < 4.78 is 4.53. The van der Waals surface area contributed by atoms with Crippen molar-refractivity contribution in [3.05, 3.63) is 0 Å². The molecule has 0 aromatic heterocycles. The molecule has 0 radical (unpaired) electrons. The molecule has 0 heterocycles. The van der Waals surface area contributed by atoms with Crippen molar-refractivity contribution in [3.63, 3.8) is 0 Å². The predicted octanol–water partition coefficient (Wildman–Crippen LogP) is 0.786. The number of carbonyl (C=O) groups excluding carboxylic acids is 2. The van der Waals surface area contributed by atoms with Crippen LogP contribution in [0.5, 0.6) is 0 Å². The molecular weight excluding hydrogens is 232 g/mol. The van der Waals surface area contributed by atoms with Crippen molar-refractivity contribution >= 4 is 11.9 Å². The van der Waals surface area contributed by atoms with Crippen molar-refractivity contribution < 1.29 is 14.3 Å². The first-order valence-electron chi connectivity index (χ1n) is 6.58. The maximum absolute atomic E-state index is 11.6. The van der Waals surface area contributed by atoms with Crippen LogP contribution in [-0.2, 0) is 14.3 Å². The molecule has 1 unspecified atom stereocenters. The van der Waals surface area contributed by atoms with E-state index in [1.165, 1.54) is 20.0 Å². The van der Waals surface area contributed by atoms with E-state index in [2.05, 4.69) is 21.9 Å². The highest BCUT2D eigenvalue weighted by molar-refractivity contribution is 5.78. The number of methoxy groups -OCH3 is 1. The largest absolute Gasteiger partial charge is 0.469 e. The minimum atomic E-state index is -0.233. The standard InChI is InChI=1S/C13H24N2O3/c1-10(11-6-7-11)15(2)9-12(16)14-8-4-5-13(17)18-3/h10-11H,4-9H2,1-3H3,(H,14,16). The Hall–Kier alpha value is -1.10. The Kier molecular flexibility index (Phi) is 6.12. The fourth-order valence-electron chi connectivity index (χ4n) is 1.93. The first-order chi connectivity index (χ1) is 8.54. The van der Waals surface area contributed by atoms with Crippen LogP contribution in [0.2, 0.25) is 0 Å². The molecule has 0 saturated heterocycles. The number of hydrogen-bond donors (Lipinski definition) is 1. The molecule has 1 saturated carbocycles. The summed E-state index contributed by atoms with van der Waals surface area (Å²) in [6.45, 7) is 3.12. The van der Waals surface area contributed by atoms with E-state index >= 15 is 0 Å². The van der Waals surface area contributed by atoms with E-state index in [0.717, 1.165) is 5.92 Å². The van der Waals surface area contributed by atoms with E-state index in [9.17, 15) is 9.59 Å². The van der Waals surface area contributed by atoms with Crippen LogP contribution < -0.4 is 5.32 Å². The molecule has 1 atom stereocenters. The minimum absolute atomic E-state index is 0.0230. The third-order valence-electron chi connectivity index (χ3n) is 3.50. The van der Waals surface area contributed by atoms with Crippen LogP contribution in [0.25, 0.3) is 0 Å². The molecule has 0 aromatic rings. The molecule has 0 spiro atoms. The zero-order chi connectivity index (χ0) is 13.5. The average molecular weight is 256 g/mol. The molecule has 5 heteroatoms. The van der Waals surface area contributed by atoms with Crippen molar-refractivity contribution in [1.82, 2.24) is 10.2 Å². The van der Waals surface area contributed by atoms with Gasteiger partial charge in [0.1, 0.15) is 0 Å². The molecule has 18 heavy (non-hydrogen) atoms. The number of ether oxygens (including phenoxy) is 1. The summed E-state index contributed by atoms with van der Waals surface area (Å²) in [5.74, 6) is 0.556. The van der Waals surface area contributed by atoms with E-state index in [0.29, 0.717) is 32.0 Å². The van der Waals surface area contributed by atoms with Crippen LogP contribution >= 0.6 is 0 Å². The van der Waals surface area contributed by atoms with Crippen LogP contribution in [0.15, 0.2) is 0 Å². The second-order valence-electron chi connectivity index (χ2n) is 5.02. The van der Waals surface area contributed by atoms with Gasteiger partial charge >= 0.3 is 5.97 Å². The lowest BCUT2D eigenvalue weighted by molar-refractivity contribution is -0.140. The van der Waals surface area contributed by atoms with Crippen molar-refractivity contribution in [1.29, 1.82) is 0 Å². The number of amides is 1. The molecule has 5 nitrogen and oxygen atoms in total. The highest BCUT2D eigenvalue weighted by Crippen LogP contribution is 2.34. The van der Waals surface area contributed by atoms with Crippen LogP contribution in [0.3, 0.4) is 0 Å². The number of nitrogens with one attached hydrogen (secondary N) is 1. The summed E-state index contributed by atoms with van der Waals surface area (Å²) in [6, 6.07) is 0.478.